The molecular weight excluding hydrogens is 419 g/mol. The minimum Gasteiger partial charge on any atom is -0.447 e. The molecule has 3 aromatic rings. The highest BCUT2D eigenvalue weighted by Crippen LogP contribution is 2.40. The Balaban J connectivity index is 1.98. The number of nitrogens with zero attached hydrogens (tertiary/aromatic N) is 2. The molecule has 0 aliphatic rings. The summed E-state index contributed by atoms with van der Waals surface area (Å²) in [6.07, 6.45) is -4.64. The van der Waals surface area contributed by atoms with Crippen LogP contribution in [-0.4, -0.2) is 42.9 Å². The van der Waals surface area contributed by atoms with E-state index in [0.717, 1.165) is 17.0 Å². The van der Waals surface area contributed by atoms with Gasteiger partial charge in [0.25, 0.3) is 5.91 Å². The lowest BCUT2D eigenvalue weighted by atomic mass is 10.1. The van der Waals surface area contributed by atoms with E-state index < -0.39 is 17.6 Å². The number of aliphatic imine (C=N–C) groups is 1. The third-order valence-corrected chi connectivity index (χ3v) is 5.02. The first kappa shape index (κ1) is 21.7. The number of H-pyrrole nitrogens is 1. The lowest BCUT2D eigenvalue weighted by molar-refractivity contribution is -0.136. The first-order valence-electron chi connectivity index (χ1n) is 8.75. The molecule has 0 spiro atoms. The molecule has 4 N–H and O–H groups in total. The van der Waals surface area contributed by atoms with Crippen LogP contribution in [-0.2, 0) is 12.7 Å². The van der Waals surface area contributed by atoms with Crippen LogP contribution >= 0.6 is 11.3 Å². The Kier molecular flexibility index (Phi) is 6.04. The Bertz CT molecular complexity index is 1100. The van der Waals surface area contributed by atoms with Crippen molar-refractivity contribution in [2.45, 2.75) is 12.7 Å². The van der Waals surface area contributed by atoms with Crippen LogP contribution < -0.4 is 15.8 Å². The number of benzene rings is 1. The van der Waals surface area contributed by atoms with Crippen molar-refractivity contribution in [1.82, 2.24) is 15.2 Å². The van der Waals surface area contributed by atoms with Gasteiger partial charge in [-0.15, -0.1) is 11.3 Å². The molecule has 0 aliphatic heterocycles. The predicted molar refractivity (Wildman–Crippen MR) is 110 cm³/mol. The van der Waals surface area contributed by atoms with Crippen molar-refractivity contribution >= 4 is 34.1 Å². The largest absolute Gasteiger partial charge is 0.447 e. The maximum absolute atomic E-state index is 13.6. The molecule has 3 rings (SSSR count). The van der Waals surface area contributed by atoms with Crippen LogP contribution in [0, 0.1) is 0 Å². The van der Waals surface area contributed by atoms with E-state index in [9.17, 15) is 18.0 Å². The number of amides is 1. The summed E-state index contributed by atoms with van der Waals surface area (Å²) in [5, 5.41) is 2.60. The van der Waals surface area contributed by atoms with Crippen molar-refractivity contribution < 1.29 is 22.7 Å². The number of hydrogen-bond acceptors (Lipinski definition) is 5. The molecule has 1 aromatic carbocycles. The summed E-state index contributed by atoms with van der Waals surface area (Å²) in [6, 6.07) is 7.04. The predicted octanol–water partition coefficient (Wildman–Crippen LogP) is 3.78. The molecule has 2 heterocycles. The average Bonchev–Trinajstić information content (AvgIpc) is 3.26. The number of aromatic amines is 1. The molecule has 0 saturated heterocycles. The van der Waals surface area contributed by atoms with Gasteiger partial charge in [-0.05, 0) is 38.4 Å². The van der Waals surface area contributed by atoms with E-state index in [0.29, 0.717) is 11.6 Å². The third kappa shape index (κ3) is 4.92. The fourth-order valence-corrected chi connectivity index (χ4v) is 3.78. The number of ether oxygens (including phenoxy) is 1. The zero-order valence-corrected chi connectivity index (χ0v) is 17.2. The number of rotatable bonds is 5. The maximum Gasteiger partial charge on any atom is 0.417 e. The molecule has 0 fully saturated rings. The van der Waals surface area contributed by atoms with Crippen LogP contribution in [0.5, 0.6) is 10.8 Å². The summed E-state index contributed by atoms with van der Waals surface area (Å²) in [7, 11) is 5.21. The van der Waals surface area contributed by atoms with Crippen molar-refractivity contribution in [1.29, 1.82) is 0 Å². The number of aromatic nitrogens is 1. The van der Waals surface area contributed by atoms with Crippen LogP contribution in [0.15, 0.2) is 35.3 Å². The number of fused-ring (bicyclic) bond motifs is 1. The van der Waals surface area contributed by atoms with Gasteiger partial charge in [-0.25, -0.2) is 0 Å². The minimum atomic E-state index is -4.64. The summed E-state index contributed by atoms with van der Waals surface area (Å²) < 4.78 is 46.6. The van der Waals surface area contributed by atoms with Gasteiger partial charge in [-0.1, -0.05) is 0 Å². The molecule has 160 valence electrons. The molecule has 0 aliphatic carbocycles. The Labute approximate surface area is 174 Å². The molecule has 0 atom stereocenters. The second kappa shape index (κ2) is 8.36. The van der Waals surface area contributed by atoms with Gasteiger partial charge in [-0.2, -0.15) is 13.2 Å². The fraction of sp³-hybridized carbons (Fsp3) is 0.263. The van der Waals surface area contributed by atoms with Gasteiger partial charge in [-0.3, -0.25) is 15.1 Å². The van der Waals surface area contributed by atoms with Crippen molar-refractivity contribution in [2.24, 2.45) is 10.7 Å². The highest BCUT2D eigenvalue weighted by atomic mass is 32.1. The molecule has 2 aromatic heterocycles. The van der Waals surface area contributed by atoms with Crippen molar-refractivity contribution in [2.75, 3.05) is 21.1 Å². The normalized spacial score (nSPS) is 12.6. The van der Waals surface area contributed by atoms with Gasteiger partial charge in [0.05, 0.1) is 11.1 Å². The molecule has 0 saturated carbocycles. The second-order valence-corrected chi connectivity index (χ2v) is 7.87. The van der Waals surface area contributed by atoms with Crippen molar-refractivity contribution in [3.8, 4) is 10.8 Å². The number of carbonyl (C=O) groups excluding carboxylic acids is 1. The number of hydrogen-bond donors (Lipinski definition) is 3. The molecule has 30 heavy (non-hydrogen) atoms. The number of thiophene rings is 1. The van der Waals surface area contributed by atoms with Crippen LogP contribution in [0.1, 0.15) is 20.9 Å². The molecule has 0 radical (unpaired) electrons. The van der Waals surface area contributed by atoms with E-state index >= 15 is 0 Å². The number of halogens is 3. The van der Waals surface area contributed by atoms with Gasteiger partial charge in [0.15, 0.2) is 11.0 Å². The van der Waals surface area contributed by atoms with Crippen LogP contribution in [0.3, 0.4) is 0 Å². The van der Waals surface area contributed by atoms with E-state index in [1.54, 1.807) is 6.07 Å². The standard InChI is InChI=1S/C19H20F3N5O2S/c1-24-18(23)26-17(28)15-8-12-13(19(20,21)22)6-10(7-14(12)25-15)29-16-5-4-11(30-16)9-27(2)3/h4-8,25H,9H2,1-3H3,(H3,23,24,26,28). The van der Waals surface area contributed by atoms with Gasteiger partial charge >= 0.3 is 6.18 Å². The summed E-state index contributed by atoms with van der Waals surface area (Å²) in [4.78, 5) is 21.5. The van der Waals surface area contributed by atoms with Crippen molar-refractivity contribution in [3.05, 3.63) is 46.5 Å². The Hall–Kier alpha value is -3.05. The molecule has 0 bridgehead atoms. The van der Waals surface area contributed by atoms with Gasteiger partial charge in [0.2, 0.25) is 0 Å². The summed E-state index contributed by atoms with van der Waals surface area (Å²) >= 11 is 1.35. The Morgan fingerprint density at radius 3 is 2.67 bits per heavy atom. The first-order valence-corrected chi connectivity index (χ1v) is 9.57. The molecular formula is C19H20F3N5O2S. The van der Waals surface area contributed by atoms with Gasteiger partial charge in [0, 0.05) is 29.9 Å². The monoisotopic (exact) mass is 439 g/mol. The lowest BCUT2D eigenvalue weighted by Gasteiger charge is -2.11. The molecule has 0 unspecified atom stereocenters. The highest BCUT2D eigenvalue weighted by Gasteiger charge is 2.34. The zero-order chi connectivity index (χ0) is 22.1. The van der Waals surface area contributed by atoms with Crippen molar-refractivity contribution in [3.63, 3.8) is 0 Å². The van der Waals surface area contributed by atoms with E-state index in [-0.39, 0.29) is 28.3 Å². The summed E-state index contributed by atoms with van der Waals surface area (Å²) in [5.41, 5.74) is 4.57. The topological polar surface area (TPSA) is 95.7 Å². The Morgan fingerprint density at radius 1 is 1.30 bits per heavy atom. The summed E-state index contributed by atoms with van der Waals surface area (Å²) in [6.45, 7) is 0.695. The molecule has 11 heteroatoms. The second-order valence-electron chi connectivity index (χ2n) is 6.74. The van der Waals surface area contributed by atoms with Crippen LogP contribution in [0.4, 0.5) is 13.2 Å². The van der Waals surface area contributed by atoms with E-state index in [4.69, 9.17) is 10.5 Å². The number of carbonyl (C=O) groups is 1. The minimum absolute atomic E-state index is 0.0107. The number of nitrogens with one attached hydrogen (secondary N) is 2. The Morgan fingerprint density at radius 2 is 2.03 bits per heavy atom. The third-order valence-electron chi connectivity index (χ3n) is 4.07. The van der Waals surface area contributed by atoms with E-state index in [2.05, 4.69) is 15.3 Å². The SMILES string of the molecule is CN=C(N)NC(=O)c1cc2c(C(F)(F)F)cc(Oc3ccc(CN(C)C)s3)cc2[nH]1. The molecule has 1 amide bonds. The number of nitrogens with two attached hydrogens (primary N) is 1. The van der Waals surface area contributed by atoms with E-state index in [1.165, 1.54) is 24.5 Å². The smallest absolute Gasteiger partial charge is 0.417 e. The zero-order valence-electron chi connectivity index (χ0n) is 16.4. The van der Waals surface area contributed by atoms with Gasteiger partial charge in [0.1, 0.15) is 11.4 Å². The first-order chi connectivity index (χ1) is 14.1. The fourth-order valence-electron chi connectivity index (χ4n) is 2.79. The van der Waals surface area contributed by atoms with Gasteiger partial charge < -0.3 is 20.4 Å². The van der Waals surface area contributed by atoms with E-state index in [1.807, 2.05) is 25.1 Å². The average molecular weight is 439 g/mol. The summed E-state index contributed by atoms with van der Waals surface area (Å²) in [5.74, 6) is -0.835. The number of guanidine groups is 1. The maximum atomic E-state index is 13.6. The lowest BCUT2D eigenvalue weighted by Crippen LogP contribution is -2.36. The van der Waals surface area contributed by atoms with Crippen LogP contribution in [0.25, 0.3) is 10.9 Å². The highest BCUT2D eigenvalue weighted by molar-refractivity contribution is 7.13. The quantitative estimate of drug-likeness (QED) is 0.417. The number of alkyl halides is 3. The van der Waals surface area contributed by atoms with Crippen LogP contribution in [0.2, 0.25) is 0 Å². The molecule has 7 nitrogen and oxygen atoms in total.